The number of hydrogen-bond acceptors (Lipinski definition) is 5. The zero-order valence-electron chi connectivity index (χ0n) is 13.7. The third-order valence-electron chi connectivity index (χ3n) is 4.05. The fourth-order valence-corrected chi connectivity index (χ4v) is 3.68. The first-order valence-electron chi connectivity index (χ1n) is 8.12. The monoisotopic (exact) mass is 392 g/mol. The highest BCUT2D eigenvalue weighted by Gasteiger charge is 2.19. The molecular weight excluding hydrogens is 376 g/mol. The lowest BCUT2D eigenvalue weighted by Crippen LogP contribution is -2.15. The quantitative estimate of drug-likeness (QED) is 0.650. The van der Waals surface area contributed by atoms with Crippen LogP contribution in [0.25, 0.3) is 5.57 Å². The van der Waals surface area contributed by atoms with E-state index in [1.54, 1.807) is 6.07 Å². The molecule has 0 bridgehead atoms. The summed E-state index contributed by atoms with van der Waals surface area (Å²) < 4.78 is 0.493. The van der Waals surface area contributed by atoms with Gasteiger partial charge >= 0.3 is 6.09 Å². The Morgan fingerprint density at radius 1 is 1.19 bits per heavy atom. The number of carbonyl (C=O) groups is 2. The maximum atomic E-state index is 12.8. The lowest BCUT2D eigenvalue weighted by molar-refractivity contribution is -0.111. The van der Waals surface area contributed by atoms with Gasteiger partial charge in [0.1, 0.15) is 10.2 Å². The molecule has 1 aliphatic carbocycles. The van der Waals surface area contributed by atoms with E-state index in [-0.39, 0.29) is 11.7 Å². The van der Waals surface area contributed by atoms with Crippen molar-refractivity contribution < 1.29 is 14.7 Å². The van der Waals surface area contributed by atoms with E-state index in [0.29, 0.717) is 26.5 Å². The largest absolute Gasteiger partial charge is 0.465 e. The molecule has 3 rings (SSSR count). The maximum absolute atomic E-state index is 12.8. The number of halogens is 1. The number of hydrogen-bond donors (Lipinski definition) is 3. The SMILES string of the molecule is O=C(O)Nc1ccc(/C(=C\C2CCCC2)C(=O)Nc2ncc(Cl)s2)cn1. The second kappa shape index (κ2) is 8.29. The lowest BCUT2D eigenvalue weighted by atomic mass is 9.99. The highest BCUT2D eigenvalue weighted by Crippen LogP contribution is 2.30. The van der Waals surface area contributed by atoms with Crippen LogP contribution < -0.4 is 10.6 Å². The van der Waals surface area contributed by atoms with Gasteiger partial charge in [0.05, 0.1) is 6.20 Å². The van der Waals surface area contributed by atoms with Gasteiger partial charge in [0.25, 0.3) is 5.91 Å². The molecule has 1 saturated carbocycles. The Morgan fingerprint density at radius 2 is 1.96 bits per heavy atom. The standard InChI is InChI=1S/C17H17ClN4O3S/c18-13-9-20-16(26-13)22-15(23)12(7-10-3-1-2-4-10)11-5-6-14(19-8-11)21-17(24)25/h5-10H,1-4H2,(H,19,21)(H,24,25)(H,20,22,23)/b12-7+. The van der Waals surface area contributed by atoms with Gasteiger partial charge in [-0.1, -0.05) is 41.9 Å². The highest BCUT2D eigenvalue weighted by atomic mass is 35.5. The number of amides is 2. The van der Waals surface area contributed by atoms with Crippen LogP contribution in [-0.2, 0) is 4.79 Å². The number of rotatable bonds is 5. The molecule has 7 nitrogen and oxygen atoms in total. The molecule has 0 atom stereocenters. The number of anilines is 2. The van der Waals surface area contributed by atoms with Crippen molar-refractivity contribution in [3.63, 3.8) is 0 Å². The lowest BCUT2D eigenvalue weighted by Gasteiger charge is -2.11. The predicted molar refractivity (Wildman–Crippen MR) is 102 cm³/mol. The van der Waals surface area contributed by atoms with Crippen LogP contribution in [0.4, 0.5) is 15.7 Å². The molecule has 26 heavy (non-hydrogen) atoms. The minimum absolute atomic E-state index is 0.202. The van der Waals surface area contributed by atoms with Crippen LogP contribution >= 0.6 is 22.9 Å². The first-order valence-corrected chi connectivity index (χ1v) is 9.31. The van der Waals surface area contributed by atoms with Crippen LogP contribution in [0.2, 0.25) is 4.34 Å². The topological polar surface area (TPSA) is 104 Å². The summed E-state index contributed by atoms with van der Waals surface area (Å²) in [5.41, 5.74) is 1.12. The number of allylic oxidation sites excluding steroid dienone is 1. The molecule has 2 heterocycles. The van der Waals surface area contributed by atoms with Crippen LogP contribution in [0.3, 0.4) is 0 Å². The van der Waals surface area contributed by atoms with Gasteiger partial charge in [-0.15, -0.1) is 0 Å². The molecule has 0 aliphatic heterocycles. The summed E-state index contributed by atoms with van der Waals surface area (Å²) in [4.78, 5) is 31.6. The number of carboxylic acid groups (broad SMARTS) is 1. The van der Waals surface area contributed by atoms with Crippen molar-refractivity contribution in [3.05, 3.63) is 40.5 Å². The summed E-state index contributed by atoms with van der Waals surface area (Å²) in [6, 6.07) is 3.20. The number of carbonyl (C=O) groups excluding carboxylic acids is 1. The van der Waals surface area contributed by atoms with Crippen molar-refractivity contribution in [2.75, 3.05) is 10.6 Å². The van der Waals surface area contributed by atoms with Crippen molar-refractivity contribution in [2.45, 2.75) is 25.7 Å². The van der Waals surface area contributed by atoms with Crippen LogP contribution in [-0.4, -0.2) is 27.1 Å². The highest BCUT2D eigenvalue weighted by molar-refractivity contribution is 7.19. The minimum Gasteiger partial charge on any atom is -0.465 e. The van der Waals surface area contributed by atoms with Crippen LogP contribution in [0.15, 0.2) is 30.6 Å². The second-order valence-corrected chi connectivity index (χ2v) is 7.57. The summed E-state index contributed by atoms with van der Waals surface area (Å²) in [5.74, 6) is 0.254. The van der Waals surface area contributed by atoms with Crippen molar-refractivity contribution in [1.29, 1.82) is 0 Å². The van der Waals surface area contributed by atoms with Gasteiger partial charge in [0.2, 0.25) is 0 Å². The zero-order chi connectivity index (χ0) is 18.5. The first-order chi connectivity index (χ1) is 12.5. The van der Waals surface area contributed by atoms with E-state index < -0.39 is 6.09 Å². The molecule has 1 fully saturated rings. The van der Waals surface area contributed by atoms with Gasteiger partial charge in [-0.3, -0.25) is 15.4 Å². The molecule has 1 aliphatic rings. The van der Waals surface area contributed by atoms with Crippen molar-refractivity contribution in [1.82, 2.24) is 9.97 Å². The van der Waals surface area contributed by atoms with Gasteiger partial charge in [-0.25, -0.2) is 14.8 Å². The minimum atomic E-state index is -1.19. The third-order valence-corrected chi connectivity index (χ3v) is 5.08. The van der Waals surface area contributed by atoms with E-state index in [1.165, 1.54) is 29.8 Å². The Kier molecular flexibility index (Phi) is 5.85. The molecule has 2 aromatic rings. The van der Waals surface area contributed by atoms with Gasteiger partial charge < -0.3 is 5.11 Å². The van der Waals surface area contributed by atoms with E-state index in [2.05, 4.69) is 20.6 Å². The van der Waals surface area contributed by atoms with Crippen molar-refractivity contribution >= 4 is 51.5 Å². The Morgan fingerprint density at radius 3 is 2.54 bits per heavy atom. The zero-order valence-corrected chi connectivity index (χ0v) is 15.3. The summed E-state index contributed by atoms with van der Waals surface area (Å²) in [5, 5.41) is 14.1. The molecule has 9 heteroatoms. The number of nitrogens with one attached hydrogen (secondary N) is 2. The molecule has 0 aromatic carbocycles. The van der Waals surface area contributed by atoms with Crippen LogP contribution in [0, 0.1) is 5.92 Å². The molecule has 136 valence electrons. The number of nitrogens with zero attached hydrogens (tertiary/aromatic N) is 2. The Hall–Kier alpha value is -2.45. The van der Waals surface area contributed by atoms with Gasteiger partial charge in [-0.05, 0) is 30.9 Å². The summed E-state index contributed by atoms with van der Waals surface area (Å²) in [7, 11) is 0. The number of thiazole rings is 1. The first kappa shape index (κ1) is 18.3. The van der Waals surface area contributed by atoms with Crippen molar-refractivity contribution in [2.24, 2.45) is 5.92 Å². The Labute approximate surface area is 159 Å². The molecule has 0 unspecified atom stereocenters. The van der Waals surface area contributed by atoms with Crippen LogP contribution in [0.1, 0.15) is 31.2 Å². The van der Waals surface area contributed by atoms with Gasteiger partial charge in [-0.2, -0.15) is 0 Å². The summed E-state index contributed by atoms with van der Waals surface area (Å²) >= 11 is 7.05. The van der Waals surface area contributed by atoms with Crippen LogP contribution in [0.5, 0.6) is 0 Å². The van der Waals surface area contributed by atoms with Gasteiger partial charge in [0, 0.05) is 17.3 Å². The van der Waals surface area contributed by atoms with E-state index in [1.807, 2.05) is 6.08 Å². The smallest absolute Gasteiger partial charge is 0.410 e. The predicted octanol–water partition coefficient (Wildman–Crippen LogP) is 4.49. The summed E-state index contributed by atoms with van der Waals surface area (Å²) in [6.45, 7) is 0. The van der Waals surface area contributed by atoms with E-state index >= 15 is 0 Å². The molecule has 2 amide bonds. The summed E-state index contributed by atoms with van der Waals surface area (Å²) in [6.07, 6.45) is 8.15. The molecule has 3 N–H and O–H groups in total. The van der Waals surface area contributed by atoms with Crippen molar-refractivity contribution in [3.8, 4) is 0 Å². The van der Waals surface area contributed by atoms with Gasteiger partial charge in [0.15, 0.2) is 5.13 Å². The molecule has 0 radical (unpaired) electrons. The number of aromatic nitrogens is 2. The Balaban J connectivity index is 1.85. The molecular formula is C17H17ClN4O3S. The molecule has 2 aromatic heterocycles. The van der Waals surface area contributed by atoms with E-state index in [9.17, 15) is 9.59 Å². The van der Waals surface area contributed by atoms with E-state index in [0.717, 1.165) is 25.7 Å². The molecule has 0 saturated heterocycles. The third kappa shape index (κ3) is 4.80. The fourth-order valence-electron chi connectivity index (χ4n) is 2.88. The second-order valence-electron chi connectivity index (χ2n) is 5.91. The average Bonchev–Trinajstić information content (AvgIpc) is 3.25. The molecule has 0 spiro atoms. The maximum Gasteiger partial charge on any atom is 0.410 e. The Bertz CT molecular complexity index is 829. The van der Waals surface area contributed by atoms with E-state index in [4.69, 9.17) is 16.7 Å². The number of pyridine rings is 1. The normalized spacial score (nSPS) is 15.0. The fraction of sp³-hybridized carbons (Fsp3) is 0.294. The average molecular weight is 393 g/mol.